The summed E-state index contributed by atoms with van der Waals surface area (Å²) >= 11 is 1.42. The normalized spacial score (nSPS) is 10.4. The summed E-state index contributed by atoms with van der Waals surface area (Å²) in [6.07, 6.45) is 0. The third-order valence-corrected chi connectivity index (χ3v) is 4.69. The Hall–Kier alpha value is -3.13. The quantitative estimate of drug-likeness (QED) is 0.528. The lowest BCUT2D eigenvalue weighted by molar-refractivity contribution is -0.147. The first-order valence-corrected chi connectivity index (χ1v) is 9.18. The van der Waals surface area contributed by atoms with Crippen LogP contribution < -0.4 is 14.2 Å². The number of thiazole rings is 1. The standard InChI is InChI=1S/C20H18FNO5S/c1-24-17-8-7-13(9-18(17)25-2)20-22-14(12-28-20)10-27-19(23)11-26-16-6-4-3-5-15(16)21/h3-9,12H,10-11H2,1-2H3. The van der Waals surface area contributed by atoms with Crippen LogP contribution in [0.3, 0.4) is 0 Å². The average molecular weight is 403 g/mol. The van der Waals surface area contributed by atoms with Gasteiger partial charge in [-0.05, 0) is 30.3 Å². The van der Waals surface area contributed by atoms with E-state index in [1.165, 1.54) is 23.5 Å². The predicted molar refractivity (Wildman–Crippen MR) is 102 cm³/mol. The van der Waals surface area contributed by atoms with Crippen molar-refractivity contribution in [1.82, 2.24) is 4.98 Å². The Morgan fingerprint density at radius 3 is 2.61 bits per heavy atom. The van der Waals surface area contributed by atoms with Gasteiger partial charge in [-0.2, -0.15) is 0 Å². The molecular formula is C20H18FNO5S. The van der Waals surface area contributed by atoms with Gasteiger partial charge in [-0.3, -0.25) is 0 Å². The van der Waals surface area contributed by atoms with E-state index in [0.29, 0.717) is 17.2 Å². The molecule has 28 heavy (non-hydrogen) atoms. The maximum Gasteiger partial charge on any atom is 0.344 e. The molecule has 0 aliphatic rings. The summed E-state index contributed by atoms with van der Waals surface area (Å²) in [7, 11) is 3.14. The molecule has 0 fully saturated rings. The fourth-order valence-corrected chi connectivity index (χ4v) is 3.17. The molecular weight excluding hydrogens is 385 g/mol. The second-order valence-electron chi connectivity index (χ2n) is 5.59. The van der Waals surface area contributed by atoms with Crippen LogP contribution in [0.1, 0.15) is 5.69 Å². The van der Waals surface area contributed by atoms with Crippen molar-refractivity contribution >= 4 is 17.3 Å². The highest BCUT2D eigenvalue weighted by Gasteiger charge is 2.12. The van der Waals surface area contributed by atoms with Gasteiger partial charge in [-0.15, -0.1) is 11.3 Å². The van der Waals surface area contributed by atoms with Gasteiger partial charge in [-0.25, -0.2) is 14.2 Å². The van der Waals surface area contributed by atoms with Gasteiger partial charge in [0.05, 0.1) is 19.9 Å². The lowest BCUT2D eigenvalue weighted by Gasteiger charge is -2.08. The summed E-state index contributed by atoms with van der Waals surface area (Å²) in [6.45, 7) is -0.378. The van der Waals surface area contributed by atoms with Crippen molar-refractivity contribution in [3.8, 4) is 27.8 Å². The van der Waals surface area contributed by atoms with Crippen molar-refractivity contribution in [2.24, 2.45) is 0 Å². The van der Waals surface area contributed by atoms with Gasteiger partial charge in [0.1, 0.15) is 11.6 Å². The molecule has 6 nitrogen and oxygen atoms in total. The summed E-state index contributed by atoms with van der Waals surface area (Å²) in [4.78, 5) is 16.3. The zero-order valence-electron chi connectivity index (χ0n) is 15.3. The number of hydrogen-bond donors (Lipinski definition) is 0. The minimum atomic E-state index is -0.607. The van der Waals surface area contributed by atoms with E-state index in [9.17, 15) is 9.18 Å². The van der Waals surface area contributed by atoms with Crippen molar-refractivity contribution in [1.29, 1.82) is 0 Å². The van der Waals surface area contributed by atoms with Crippen LogP contribution in [0, 0.1) is 5.82 Å². The molecule has 3 rings (SSSR count). The molecule has 0 bridgehead atoms. The fraction of sp³-hybridized carbons (Fsp3) is 0.200. The Labute approximate surface area is 165 Å². The Morgan fingerprint density at radius 1 is 1.07 bits per heavy atom. The van der Waals surface area contributed by atoms with E-state index < -0.39 is 11.8 Å². The Morgan fingerprint density at radius 2 is 1.86 bits per heavy atom. The van der Waals surface area contributed by atoms with E-state index >= 15 is 0 Å². The molecule has 0 unspecified atom stereocenters. The van der Waals surface area contributed by atoms with Crippen molar-refractivity contribution in [2.75, 3.05) is 20.8 Å². The van der Waals surface area contributed by atoms with Crippen LogP contribution in [-0.2, 0) is 16.1 Å². The lowest BCUT2D eigenvalue weighted by atomic mass is 10.2. The second kappa shape index (κ2) is 9.18. The summed E-state index contributed by atoms with van der Waals surface area (Å²) < 4.78 is 34.2. The molecule has 146 valence electrons. The second-order valence-corrected chi connectivity index (χ2v) is 6.45. The molecule has 0 aliphatic carbocycles. The third kappa shape index (κ3) is 4.77. The molecule has 8 heteroatoms. The monoisotopic (exact) mass is 403 g/mol. The number of benzene rings is 2. The van der Waals surface area contributed by atoms with Crippen molar-refractivity contribution < 1.29 is 28.1 Å². The summed E-state index contributed by atoms with van der Waals surface area (Å²) in [5.74, 6) is 0.0995. The smallest absolute Gasteiger partial charge is 0.344 e. The number of aromatic nitrogens is 1. The molecule has 0 saturated carbocycles. The van der Waals surface area contributed by atoms with Gasteiger partial charge >= 0.3 is 5.97 Å². The molecule has 0 radical (unpaired) electrons. The fourth-order valence-electron chi connectivity index (χ4n) is 2.37. The van der Waals surface area contributed by atoms with Crippen LogP contribution in [0.5, 0.6) is 17.2 Å². The first-order valence-electron chi connectivity index (χ1n) is 8.30. The first-order chi connectivity index (χ1) is 13.6. The highest BCUT2D eigenvalue weighted by atomic mass is 32.1. The zero-order chi connectivity index (χ0) is 19.9. The summed E-state index contributed by atoms with van der Waals surface area (Å²) in [6, 6.07) is 11.4. The molecule has 0 spiro atoms. The number of hydrogen-bond acceptors (Lipinski definition) is 7. The first kappa shape index (κ1) is 19.6. The lowest BCUT2D eigenvalue weighted by Crippen LogP contribution is -2.15. The number of carbonyl (C=O) groups excluding carboxylic acids is 1. The van der Waals surface area contributed by atoms with Gasteiger partial charge in [0, 0.05) is 10.9 Å². The van der Waals surface area contributed by atoms with E-state index in [0.717, 1.165) is 10.6 Å². The molecule has 0 aliphatic heterocycles. The summed E-state index contributed by atoms with van der Waals surface area (Å²) in [5.41, 5.74) is 1.47. The average Bonchev–Trinajstić information content (AvgIpc) is 3.20. The van der Waals surface area contributed by atoms with Crippen molar-refractivity contribution in [3.05, 3.63) is 59.4 Å². The van der Waals surface area contributed by atoms with E-state index in [1.54, 1.807) is 37.8 Å². The minimum absolute atomic E-state index is 0.00323. The van der Waals surface area contributed by atoms with Gasteiger partial charge in [0.25, 0.3) is 0 Å². The van der Waals surface area contributed by atoms with Crippen molar-refractivity contribution in [3.63, 3.8) is 0 Å². The molecule has 1 aromatic heterocycles. The highest BCUT2D eigenvalue weighted by Crippen LogP contribution is 2.33. The van der Waals surface area contributed by atoms with Crippen LogP contribution in [0.15, 0.2) is 47.8 Å². The van der Waals surface area contributed by atoms with Crippen LogP contribution in [-0.4, -0.2) is 31.8 Å². The largest absolute Gasteiger partial charge is 0.493 e. The number of halogens is 1. The van der Waals surface area contributed by atoms with E-state index in [-0.39, 0.29) is 19.0 Å². The molecule has 0 atom stereocenters. The number of nitrogens with zero attached hydrogens (tertiary/aromatic N) is 1. The molecule has 0 N–H and O–H groups in total. The van der Waals surface area contributed by atoms with Gasteiger partial charge < -0.3 is 18.9 Å². The summed E-state index contributed by atoms with van der Waals surface area (Å²) in [5, 5.41) is 2.56. The van der Waals surface area contributed by atoms with Gasteiger partial charge in [0.15, 0.2) is 29.7 Å². The van der Waals surface area contributed by atoms with E-state index in [1.807, 2.05) is 12.1 Å². The third-order valence-electron chi connectivity index (χ3n) is 3.75. The van der Waals surface area contributed by atoms with Crippen LogP contribution in [0.2, 0.25) is 0 Å². The van der Waals surface area contributed by atoms with Crippen LogP contribution >= 0.6 is 11.3 Å². The molecule has 2 aromatic carbocycles. The SMILES string of the molecule is COc1ccc(-c2nc(COC(=O)COc3ccccc3F)cs2)cc1OC. The molecule has 0 amide bonds. The Balaban J connectivity index is 1.56. The zero-order valence-corrected chi connectivity index (χ0v) is 16.1. The number of carbonyl (C=O) groups is 1. The molecule has 3 aromatic rings. The van der Waals surface area contributed by atoms with Crippen LogP contribution in [0.4, 0.5) is 4.39 Å². The molecule has 0 saturated heterocycles. The Bertz CT molecular complexity index is 959. The highest BCUT2D eigenvalue weighted by molar-refractivity contribution is 7.13. The van der Waals surface area contributed by atoms with Crippen molar-refractivity contribution in [2.45, 2.75) is 6.61 Å². The Kier molecular flexibility index (Phi) is 6.44. The maximum atomic E-state index is 13.5. The predicted octanol–water partition coefficient (Wildman–Crippen LogP) is 4.09. The van der Waals surface area contributed by atoms with Crippen LogP contribution in [0.25, 0.3) is 10.6 Å². The van der Waals surface area contributed by atoms with Gasteiger partial charge in [0.2, 0.25) is 0 Å². The number of rotatable bonds is 8. The number of methoxy groups -OCH3 is 2. The number of ether oxygens (including phenoxy) is 4. The topological polar surface area (TPSA) is 66.9 Å². The molecule has 1 heterocycles. The number of para-hydroxylation sites is 1. The van der Waals surface area contributed by atoms with Gasteiger partial charge in [-0.1, -0.05) is 12.1 Å². The minimum Gasteiger partial charge on any atom is -0.493 e. The van der Waals surface area contributed by atoms with E-state index in [2.05, 4.69) is 4.98 Å². The number of esters is 1. The van der Waals surface area contributed by atoms with E-state index in [4.69, 9.17) is 18.9 Å². The maximum absolute atomic E-state index is 13.5.